The highest BCUT2D eigenvalue weighted by molar-refractivity contribution is 7.99. The lowest BCUT2D eigenvalue weighted by Gasteiger charge is -1.98. The number of nitro groups is 1. The molecule has 1 aromatic carbocycles. The standard InChI is InChI=1S/C13H8FN5O2S/c14-9-5-2-1-4-8(9)11-16-13(18-17-11)22-12-10(19(20)21)6-3-7-15-12/h1-7H,(H,16,17,18). The van der Waals surface area contributed by atoms with Crippen LogP contribution in [-0.4, -0.2) is 25.1 Å². The summed E-state index contributed by atoms with van der Waals surface area (Å²) in [5.74, 6) is -0.182. The minimum Gasteiger partial charge on any atom is -0.258 e. The number of pyridine rings is 1. The lowest BCUT2D eigenvalue weighted by molar-refractivity contribution is -0.388. The SMILES string of the molecule is O=[N+]([O-])c1cccnc1Sc1n[nH]c(-c2ccccc2F)n1. The summed E-state index contributed by atoms with van der Waals surface area (Å²) >= 11 is 0.935. The van der Waals surface area contributed by atoms with E-state index in [-0.39, 0.29) is 27.3 Å². The number of rotatable bonds is 4. The fourth-order valence-corrected chi connectivity index (χ4v) is 2.51. The molecule has 0 bridgehead atoms. The molecule has 0 saturated carbocycles. The van der Waals surface area contributed by atoms with Gasteiger partial charge >= 0.3 is 5.69 Å². The number of benzene rings is 1. The van der Waals surface area contributed by atoms with Crippen molar-refractivity contribution in [1.29, 1.82) is 0 Å². The van der Waals surface area contributed by atoms with E-state index in [0.717, 1.165) is 11.8 Å². The first-order valence-electron chi connectivity index (χ1n) is 6.09. The second-order valence-corrected chi connectivity index (χ2v) is 5.09. The van der Waals surface area contributed by atoms with Crippen molar-refractivity contribution in [2.45, 2.75) is 10.2 Å². The molecule has 0 amide bonds. The summed E-state index contributed by atoms with van der Waals surface area (Å²) in [6.45, 7) is 0. The zero-order valence-corrected chi connectivity index (χ0v) is 11.7. The summed E-state index contributed by atoms with van der Waals surface area (Å²) in [6, 6.07) is 8.95. The molecule has 22 heavy (non-hydrogen) atoms. The molecule has 3 rings (SSSR count). The largest absolute Gasteiger partial charge is 0.301 e. The van der Waals surface area contributed by atoms with Gasteiger partial charge in [0.05, 0.1) is 10.5 Å². The third kappa shape index (κ3) is 2.79. The molecule has 0 aliphatic rings. The number of hydrogen-bond acceptors (Lipinski definition) is 6. The minimum atomic E-state index is -0.528. The van der Waals surface area contributed by atoms with Gasteiger partial charge in [-0.1, -0.05) is 12.1 Å². The number of nitrogens with one attached hydrogen (secondary N) is 1. The van der Waals surface area contributed by atoms with Gasteiger partial charge in [-0.25, -0.2) is 14.4 Å². The van der Waals surface area contributed by atoms with Crippen molar-refractivity contribution < 1.29 is 9.31 Å². The smallest absolute Gasteiger partial charge is 0.258 e. The van der Waals surface area contributed by atoms with Crippen LogP contribution in [0.5, 0.6) is 0 Å². The van der Waals surface area contributed by atoms with Crippen LogP contribution in [0.4, 0.5) is 10.1 Å². The van der Waals surface area contributed by atoms with E-state index in [2.05, 4.69) is 20.2 Å². The van der Waals surface area contributed by atoms with Gasteiger partial charge in [-0.3, -0.25) is 15.2 Å². The molecule has 0 saturated heterocycles. The second kappa shape index (κ2) is 5.90. The van der Waals surface area contributed by atoms with Crippen molar-refractivity contribution >= 4 is 17.4 Å². The Morgan fingerprint density at radius 2 is 2.05 bits per heavy atom. The summed E-state index contributed by atoms with van der Waals surface area (Å²) in [5, 5.41) is 17.9. The number of hydrogen-bond donors (Lipinski definition) is 1. The molecule has 0 spiro atoms. The molecule has 0 atom stereocenters. The Bertz CT molecular complexity index is 839. The zero-order chi connectivity index (χ0) is 15.5. The first-order chi connectivity index (χ1) is 10.6. The van der Waals surface area contributed by atoms with E-state index in [0.29, 0.717) is 0 Å². The highest BCUT2D eigenvalue weighted by Crippen LogP contribution is 2.31. The molecule has 0 fully saturated rings. The third-order valence-electron chi connectivity index (χ3n) is 2.73. The molecule has 2 aromatic heterocycles. The molecule has 0 unspecified atom stereocenters. The Morgan fingerprint density at radius 3 is 2.82 bits per heavy atom. The van der Waals surface area contributed by atoms with Crippen molar-refractivity contribution in [3.63, 3.8) is 0 Å². The molecule has 110 valence electrons. The van der Waals surface area contributed by atoms with Crippen LogP contribution in [0.25, 0.3) is 11.4 Å². The Morgan fingerprint density at radius 1 is 1.23 bits per heavy atom. The van der Waals surface area contributed by atoms with Gasteiger partial charge in [-0.05, 0) is 30.0 Å². The van der Waals surface area contributed by atoms with E-state index >= 15 is 0 Å². The summed E-state index contributed by atoms with van der Waals surface area (Å²) < 4.78 is 13.7. The van der Waals surface area contributed by atoms with Crippen LogP contribution in [0.3, 0.4) is 0 Å². The molecule has 0 aliphatic carbocycles. The van der Waals surface area contributed by atoms with Crippen LogP contribution in [0.15, 0.2) is 52.8 Å². The van der Waals surface area contributed by atoms with E-state index in [9.17, 15) is 14.5 Å². The van der Waals surface area contributed by atoms with Gasteiger partial charge in [0.25, 0.3) is 0 Å². The average molecular weight is 317 g/mol. The van der Waals surface area contributed by atoms with Crippen molar-refractivity contribution in [3.05, 3.63) is 58.5 Å². The van der Waals surface area contributed by atoms with E-state index in [1.165, 1.54) is 24.4 Å². The van der Waals surface area contributed by atoms with Crippen LogP contribution in [-0.2, 0) is 0 Å². The van der Waals surface area contributed by atoms with Crippen LogP contribution in [0.1, 0.15) is 0 Å². The highest BCUT2D eigenvalue weighted by Gasteiger charge is 2.18. The van der Waals surface area contributed by atoms with Crippen LogP contribution in [0, 0.1) is 15.9 Å². The van der Waals surface area contributed by atoms with Gasteiger partial charge in [0.2, 0.25) is 5.16 Å². The fraction of sp³-hybridized carbons (Fsp3) is 0. The third-order valence-corrected chi connectivity index (χ3v) is 3.60. The number of aromatic nitrogens is 4. The maximum Gasteiger partial charge on any atom is 0.301 e. The van der Waals surface area contributed by atoms with Crippen LogP contribution < -0.4 is 0 Å². The lowest BCUT2D eigenvalue weighted by atomic mass is 10.2. The molecule has 1 N–H and O–H groups in total. The Kier molecular flexibility index (Phi) is 3.79. The first kappa shape index (κ1) is 14.1. The Balaban J connectivity index is 1.90. The van der Waals surface area contributed by atoms with Crippen molar-refractivity contribution in [2.24, 2.45) is 0 Å². The Hall–Kier alpha value is -2.81. The van der Waals surface area contributed by atoms with Gasteiger partial charge < -0.3 is 0 Å². The summed E-state index contributed by atoms with van der Waals surface area (Å²) in [5.41, 5.74) is 0.141. The minimum absolute atomic E-state index is 0.134. The quantitative estimate of drug-likeness (QED) is 0.586. The molecule has 0 radical (unpaired) electrons. The van der Waals surface area contributed by atoms with Gasteiger partial charge in [0, 0.05) is 12.3 Å². The topological polar surface area (TPSA) is 97.6 Å². The predicted octanol–water partition coefficient (Wildman–Crippen LogP) is 3.07. The molecule has 9 heteroatoms. The van der Waals surface area contributed by atoms with Gasteiger partial charge in [0.15, 0.2) is 10.9 Å². The fourth-order valence-electron chi connectivity index (χ4n) is 1.75. The molecule has 3 aromatic rings. The summed E-state index contributed by atoms with van der Waals surface area (Å²) in [6.07, 6.45) is 1.44. The number of halogens is 1. The molecule has 2 heterocycles. The highest BCUT2D eigenvalue weighted by atomic mass is 32.2. The Labute approximate surface area is 127 Å². The second-order valence-electron chi connectivity index (χ2n) is 4.13. The first-order valence-corrected chi connectivity index (χ1v) is 6.91. The predicted molar refractivity (Wildman–Crippen MR) is 76.8 cm³/mol. The van der Waals surface area contributed by atoms with E-state index < -0.39 is 10.7 Å². The summed E-state index contributed by atoms with van der Waals surface area (Å²) in [4.78, 5) is 18.5. The molecule has 0 aliphatic heterocycles. The maximum atomic E-state index is 13.7. The summed E-state index contributed by atoms with van der Waals surface area (Å²) in [7, 11) is 0. The molecule has 7 nitrogen and oxygen atoms in total. The number of H-pyrrole nitrogens is 1. The van der Waals surface area contributed by atoms with Gasteiger partial charge in [-0.15, -0.1) is 5.10 Å². The normalized spacial score (nSPS) is 10.6. The molecular weight excluding hydrogens is 309 g/mol. The van der Waals surface area contributed by atoms with Crippen LogP contribution >= 0.6 is 11.8 Å². The van der Waals surface area contributed by atoms with Gasteiger partial charge in [0.1, 0.15) is 5.82 Å². The number of aromatic amines is 1. The van der Waals surface area contributed by atoms with E-state index in [4.69, 9.17) is 0 Å². The lowest BCUT2D eigenvalue weighted by Crippen LogP contribution is -1.93. The average Bonchev–Trinajstić information content (AvgIpc) is 2.96. The van der Waals surface area contributed by atoms with E-state index in [1.54, 1.807) is 18.2 Å². The van der Waals surface area contributed by atoms with Gasteiger partial charge in [-0.2, -0.15) is 0 Å². The molecular formula is C13H8FN5O2S. The monoisotopic (exact) mass is 317 g/mol. The van der Waals surface area contributed by atoms with Crippen LogP contribution in [0.2, 0.25) is 0 Å². The van der Waals surface area contributed by atoms with Crippen molar-refractivity contribution in [1.82, 2.24) is 20.2 Å². The maximum absolute atomic E-state index is 13.7. The van der Waals surface area contributed by atoms with Crippen molar-refractivity contribution in [3.8, 4) is 11.4 Å². The zero-order valence-electron chi connectivity index (χ0n) is 10.9. The van der Waals surface area contributed by atoms with E-state index in [1.807, 2.05) is 0 Å². The van der Waals surface area contributed by atoms with Crippen molar-refractivity contribution in [2.75, 3.05) is 0 Å². The number of nitrogens with zero attached hydrogens (tertiary/aromatic N) is 4.